The second kappa shape index (κ2) is 8.89. The summed E-state index contributed by atoms with van der Waals surface area (Å²) in [5.74, 6) is -0.328. The average molecular weight is 429 g/mol. The number of rotatable bonds is 6. The third-order valence-corrected chi connectivity index (χ3v) is 5.82. The number of hydrogen-bond acceptors (Lipinski definition) is 6. The minimum atomic E-state index is -0.634. The van der Waals surface area contributed by atoms with E-state index in [0.717, 1.165) is 5.69 Å². The molecule has 0 spiro atoms. The number of pyridine rings is 1. The SMILES string of the molecule is N#CCC1(n2cc(C(N)=O)c(Nc3ccccc3)n2)CCN(C(=O)c2ccncc2)CC1. The number of para-hydroxylation sites is 1. The Morgan fingerprint density at radius 1 is 1.12 bits per heavy atom. The van der Waals surface area contributed by atoms with Crippen molar-refractivity contribution in [2.45, 2.75) is 24.8 Å². The van der Waals surface area contributed by atoms with Gasteiger partial charge in [0.25, 0.3) is 11.8 Å². The van der Waals surface area contributed by atoms with E-state index in [1.54, 1.807) is 40.3 Å². The lowest BCUT2D eigenvalue weighted by molar-refractivity contribution is 0.0579. The van der Waals surface area contributed by atoms with Crippen molar-refractivity contribution in [2.24, 2.45) is 5.73 Å². The maximum Gasteiger partial charge on any atom is 0.254 e. The van der Waals surface area contributed by atoms with Gasteiger partial charge in [0, 0.05) is 42.9 Å². The molecule has 2 aromatic heterocycles. The number of hydrogen-bond donors (Lipinski definition) is 2. The lowest BCUT2D eigenvalue weighted by Crippen LogP contribution is -2.48. The number of piperidine rings is 1. The van der Waals surface area contributed by atoms with E-state index in [2.05, 4.69) is 21.5 Å². The van der Waals surface area contributed by atoms with Gasteiger partial charge < -0.3 is 16.0 Å². The normalized spacial score (nSPS) is 15.0. The van der Waals surface area contributed by atoms with E-state index in [1.165, 1.54) is 0 Å². The van der Waals surface area contributed by atoms with Crippen LogP contribution >= 0.6 is 0 Å². The van der Waals surface area contributed by atoms with E-state index in [9.17, 15) is 14.9 Å². The van der Waals surface area contributed by atoms with Crippen LogP contribution in [-0.2, 0) is 5.54 Å². The van der Waals surface area contributed by atoms with Crippen molar-refractivity contribution < 1.29 is 9.59 Å². The molecule has 32 heavy (non-hydrogen) atoms. The first-order valence-electron chi connectivity index (χ1n) is 10.3. The Bertz CT molecular complexity index is 1140. The number of carbonyl (C=O) groups is 2. The lowest BCUT2D eigenvalue weighted by atomic mass is 9.84. The van der Waals surface area contributed by atoms with Crippen LogP contribution in [0, 0.1) is 11.3 Å². The minimum absolute atomic E-state index is 0.0670. The summed E-state index contributed by atoms with van der Waals surface area (Å²) >= 11 is 0. The molecule has 9 nitrogen and oxygen atoms in total. The molecule has 4 rings (SSSR count). The topological polar surface area (TPSA) is 130 Å². The van der Waals surface area contributed by atoms with Crippen molar-refractivity contribution in [3.8, 4) is 6.07 Å². The molecule has 3 aromatic rings. The summed E-state index contributed by atoms with van der Waals surface area (Å²) in [6.07, 6.45) is 6.05. The predicted molar refractivity (Wildman–Crippen MR) is 118 cm³/mol. The highest BCUT2D eigenvalue weighted by atomic mass is 16.2. The minimum Gasteiger partial charge on any atom is -0.365 e. The Hall–Kier alpha value is -4.19. The highest BCUT2D eigenvalue weighted by Crippen LogP contribution is 2.35. The number of carbonyl (C=O) groups excluding carboxylic acids is 2. The van der Waals surface area contributed by atoms with Crippen LogP contribution in [0.25, 0.3) is 0 Å². The van der Waals surface area contributed by atoms with Gasteiger partial charge in [0.05, 0.1) is 18.0 Å². The Morgan fingerprint density at radius 3 is 2.44 bits per heavy atom. The van der Waals surface area contributed by atoms with Crippen LogP contribution in [0.4, 0.5) is 11.5 Å². The number of benzene rings is 1. The van der Waals surface area contributed by atoms with Crippen LogP contribution in [0.5, 0.6) is 0 Å². The molecule has 1 saturated heterocycles. The molecule has 2 amide bonds. The summed E-state index contributed by atoms with van der Waals surface area (Å²) in [6, 6.07) is 15.0. The highest BCUT2D eigenvalue weighted by Gasteiger charge is 2.39. The lowest BCUT2D eigenvalue weighted by Gasteiger charge is -2.40. The van der Waals surface area contributed by atoms with E-state index < -0.39 is 11.4 Å². The summed E-state index contributed by atoms with van der Waals surface area (Å²) in [4.78, 5) is 30.6. The molecule has 0 aliphatic carbocycles. The predicted octanol–water partition coefficient (Wildman–Crippen LogP) is 2.67. The number of nitrogens with two attached hydrogens (primary N) is 1. The molecule has 162 valence electrons. The number of anilines is 2. The monoisotopic (exact) mass is 429 g/mol. The van der Waals surface area contributed by atoms with Gasteiger partial charge in [0.15, 0.2) is 5.82 Å². The van der Waals surface area contributed by atoms with Gasteiger partial charge in [-0.05, 0) is 37.1 Å². The molecule has 3 heterocycles. The van der Waals surface area contributed by atoms with E-state index in [4.69, 9.17) is 5.73 Å². The Labute approximate surface area is 185 Å². The zero-order valence-corrected chi connectivity index (χ0v) is 17.4. The molecular formula is C23H23N7O2. The van der Waals surface area contributed by atoms with Crippen LogP contribution in [0.3, 0.4) is 0 Å². The number of likely N-dealkylation sites (tertiary alicyclic amines) is 1. The fourth-order valence-corrected chi connectivity index (χ4v) is 3.98. The molecule has 0 saturated carbocycles. The number of aromatic nitrogens is 3. The number of nitrogens with one attached hydrogen (secondary N) is 1. The average Bonchev–Trinajstić information content (AvgIpc) is 3.25. The number of primary amides is 1. The molecule has 0 unspecified atom stereocenters. The first-order chi connectivity index (χ1) is 15.5. The van der Waals surface area contributed by atoms with Crippen molar-refractivity contribution in [2.75, 3.05) is 18.4 Å². The molecule has 1 aliphatic rings. The van der Waals surface area contributed by atoms with Gasteiger partial charge in [-0.15, -0.1) is 0 Å². The Kier molecular flexibility index (Phi) is 5.85. The number of amides is 2. The summed E-state index contributed by atoms with van der Waals surface area (Å²) in [6.45, 7) is 0.937. The first-order valence-corrected chi connectivity index (χ1v) is 10.3. The number of nitriles is 1. The summed E-state index contributed by atoms with van der Waals surface area (Å²) in [7, 11) is 0. The van der Waals surface area contributed by atoms with Gasteiger partial charge in [-0.2, -0.15) is 10.4 Å². The van der Waals surface area contributed by atoms with Gasteiger partial charge in [-0.3, -0.25) is 19.3 Å². The molecule has 1 aliphatic heterocycles. The summed E-state index contributed by atoms with van der Waals surface area (Å²) < 4.78 is 1.68. The smallest absolute Gasteiger partial charge is 0.254 e. The fraction of sp³-hybridized carbons (Fsp3) is 0.261. The fourth-order valence-electron chi connectivity index (χ4n) is 3.98. The Morgan fingerprint density at radius 2 is 1.81 bits per heavy atom. The molecule has 0 atom stereocenters. The third-order valence-electron chi connectivity index (χ3n) is 5.82. The van der Waals surface area contributed by atoms with Crippen LogP contribution in [0.1, 0.15) is 40.0 Å². The van der Waals surface area contributed by atoms with Gasteiger partial charge in [0.2, 0.25) is 0 Å². The summed E-state index contributed by atoms with van der Waals surface area (Å²) in [5.41, 5.74) is 6.57. The van der Waals surface area contributed by atoms with E-state index in [0.29, 0.717) is 37.3 Å². The standard InChI is InChI=1S/C23H23N7O2/c24-11-8-23(9-14-29(15-10-23)22(32)17-6-12-26-13-7-17)30-16-19(20(25)31)21(28-30)27-18-4-2-1-3-5-18/h1-7,12-13,16H,8-10,14-15H2,(H2,25,31)(H,27,28). The van der Waals surface area contributed by atoms with Crippen molar-refractivity contribution in [1.82, 2.24) is 19.7 Å². The van der Waals surface area contributed by atoms with Gasteiger partial charge in [0.1, 0.15) is 5.56 Å². The quantitative estimate of drug-likeness (QED) is 0.620. The zero-order valence-electron chi connectivity index (χ0n) is 17.4. The zero-order chi connectivity index (χ0) is 22.6. The maximum atomic E-state index is 12.8. The van der Waals surface area contributed by atoms with Gasteiger partial charge in [-0.1, -0.05) is 18.2 Å². The highest BCUT2D eigenvalue weighted by molar-refractivity contribution is 5.98. The van der Waals surface area contributed by atoms with Crippen LogP contribution < -0.4 is 11.1 Å². The van der Waals surface area contributed by atoms with Crippen molar-refractivity contribution in [3.05, 3.63) is 72.2 Å². The van der Waals surface area contributed by atoms with E-state index >= 15 is 0 Å². The second-order valence-corrected chi connectivity index (χ2v) is 7.78. The van der Waals surface area contributed by atoms with Crippen molar-refractivity contribution >= 4 is 23.3 Å². The summed E-state index contributed by atoms with van der Waals surface area (Å²) in [5, 5.41) is 17.3. The van der Waals surface area contributed by atoms with Crippen molar-refractivity contribution in [3.63, 3.8) is 0 Å². The molecule has 9 heteroatoms. The van der Waals surface area contributed by atoms with Crippen LogP contribution in [-0.4, -0.2) is 44.6 Å². The number of nitrogens with zero attached hydrogens (tertiary/aromatic N) is 5. The largest absolute Gasteiger partial charge is 0.365 e. The van der Waals surface area contributed by atoms with Crippen LogP contribution in [0.15, 0.2) is 61.1 Å². The molecule has 1 aromatic carbocycles. The van der Waals surface area contributed by atoms with Crippen molar-refractivity contribution in [1.29, 1.82) is 5.26 Å². The van der Waals surface area contributed by atoms with E-state index in [-0.39, 0.29) is 17.9 Å². The molecular weight excluding hydrogens is 406 g/mol. The van der Waals surface area contributed by atoms with Gasteiger partial charge in [-0.25, -0.2) is 0 Å². The molecule has 3 N–H and O–H groups in total. The molecule has 0 bridgehead atoms. The first kappa shape index (κ1) is 21.1. The Balaban J connectivity index is 1.59. The molecule has 0 radical (unpaired) electrons. The van der Waals surface area contributed by atoms with E-state index in [1.807, 2.05) is 30.3 Å². The van der Waals surface area contributed by atoms with Gasteiger partial charge >= 0.3 is 0 Å². The second-order valence-electron chi connectivity index (χ2n) is 7.78. The molecule has 1 fully saturated rings. The maximum absolute atomic E-state index is 12.8. The van der Waals surface area contributed by atoms with Crippen LogP contribution in [0.2, 0.25) is 0 Å². The third kappa shape index (κ3) is 4.16.